The van der Waals surface area contributed by atoms with Gasteiger partial charge in [-0.05, 0) is 79.9 Å². The Morgan fingerprint density at radius 3 is 2.62 bits per heavy atom. The van der Waals surface area contributed by atoms with Crippen LogP contribution in [0.25, 0.3) is 0 Å². The summed E-state index contributed by atoms with van der Waals surface area (Å²) in [7, 11) is 0. The molecule has 0 spiro atoms. The SMILES string of the molecule is CC[C@]12CCC3=C4CCC(=O)C=C4C[C@@H](C)[C@H]3[C@@H]1CC[C@@]2(O)C(F)(F)F. The second-order valence-corrected chi connectivity index (χ2v) is 8.86. The van der Waals surface area contributed by atoms with E-state index in [1.807, 2.05) is 6.92 Å². The van der Waals surface area contributed by atoms with Crippen LogP contribution in [0.5, 0.6) is 0 Å². The van der Waals surface area contributed by atoms with Crippen molar-refractivity contribution in [2.24, 2.45) is 23.2 Å². The average molecular weight is 368 g/mol. The molecule has 4 aliphatic carbocycles. The van der Waals surface area contributed by atoms with Crippen LogP contribution in [0.15, 0.2) is 22.8 Å². The van der Waals surface area contributed by atoms with Crippen LogP contribution in [-0.2, 0) is 4.79 Å². The number of alkyl halides is 3. The number of rotatable bonds is 1. The third-order valence-electron chi connectivity index (χ3n) is 8.01. The van der Waals surface area contributed by atoms with Gasteiger partial charge in [-0.2, -0.15) is 13.2 Å². The van der Waals surface area contributed by atoms with Gasteiger partial charge < -0.3 is 5.11 Å². The molecular weight excluding hydrogens is 341 g/mol. The summed E-state index contributed by atoms with van der Waals surface area (Å²) < 4.78 is 41.6. The molecule has 0 aromatic rings. The Kier molecular flexibility index (Phi) is 4.00. The molecule has 0 heterocycles. The highest BCUT2D eigenvalue weighted by Gasteiger charge is 2.72. The lowest BCUT2D eigenvalue weighted by molar-refractivity contribution is -0.303. The Hall–Kier alpha value is -1.10. The fourth-order valence-corrected chi connectivity index (χ4v) is 6.91. The Labute approximate surface area is 152 Å². The number of aliphatic hydroxyl groups is 1. The minimum atomic E-state index is -4.58. The second kappa shape index (κ2) is 5.70. The number of carbonyl (C=O) groups is 1. The normalized spacial score (nSPS) is 42.9. The number of halogens is 3. The monoisotopic (exact) mass is 368 g/mol. The van der Waals surface area contributed by atoms with Crippen molar-refractivity contribution < 1.29 is 23.1 Å². The quantitative estimate of drug-likeness (QED) is 0.697. The lowest BCUT2D eigenvalue weighted by Gasteiger charge is -2.55. The summed E-state index contributed by atoms with van der Waals surface area (Å²) in [6.07, 6.45) is 0.847. The minimum absolute atomic E-state index is 0.112. The van der Waals surface area contributed by atoms with Crippen LogP contribution in [-0.4, -0.2) is 22.7 Å². The first-order chi connectivity index (χ1) is 12.1. The van der Waals surface area contributed by atoms with Gasteiger partial charge in [-0.1, -0.05) is 19.4 Å². The Morgan fingerprint density at radius 2 is 1.96 bits per heavy atom. The van der Waals surface area contributed by atoms with Crippen LogP contribution in [0, 0.1) is 23.2 Å². The summed E-state index contributed by atoms with van der Waals surface area (Å²) in [6.45, 7) is 3.92. The molecule has 5 heteroatoms. The highest BCUT2D eigenvalue weighted by atomic mass is 19.4. The highest BCUT2D eigenvalue weighted by molar-refractivity contribution is 5.93. The third-order valence-corrected chi connectivity index (χ3v) is 8.01. The van der Waals surface area contributed by atoms with Crippen molar-refractivity contribution >= 4 is 5.78 Å². The summed E-state index contributed by atoms with van der Waals surface area (Å²) in [5, 5.41) is 10.8. The van der Waals surface area contributed by atoms with Crippen molar-refractivity contribution in [3.8, 4) is 0 Å². The van der Waals surface area contributed by atoms with Gasteiger partial charge in [0.15, 0.2) is 11.4 Å². The summed E-state index contributed by atoms with van der Waals surface area (Å²) in [6, 6.07) is 0. The van der Waals surface area contributed by atoms with E-state index in [1.165, 1.54) is 11.1 Å². The molecule has 1 N–H and O–H groups in total. The second-order valence-electron chi connectivity index (χ2n) is 8.86. The molecule has 2 nitrogen and oxygen atoms in total. The van der Waals surface area contributed by atoms with E-state index in [2.05, 4.69) is 6.92 Å². The number of hydrogen-bond acceptors (Lipinski definition) is 2. The van der Waals surface area contributed by atoms with Crippen LogP contribution >= 0.6 is 0 Å². The van der Waals surface area contributed by atoms with E-state index in [9.17, 15) is 23.1 Å². The first-order valence-corrected chi connectivity index (χ1v) is 9.89. The van der Waals surface area contributed by atoms with E-state index in [4.69, 9.17) is 0 Å². The van der Waals surface area contributed by atoms with E-state index >= 15 is 0 Å². The first-order valence-electron chi connectivity index (χ1n) is 9.89. The number of hydrogen-bond donors (Lipinski definition) is 1. The predicted octanol–water partition coefficient (Wildman–Crippen LogP) is 5.12. The minimum Gasteiger partial charge on any atom is -0.380 e. The number of fused-ring (bicyclic) bond motifs is 4. The van der Waals surface area contributed by atoms with Crippen molar-refractivity contribution in [3.05, 3.63) is 22.8 Å². The average Bonchev–Trinajstić information content (AvgIpc) is 2.89. The molecule has 2 fully saturated rings. The van der Waals surface area contributed by atoms with Gasteiger partial charge in [-0.3, -0.25) is 4.79 Å². The van der Waals surface area contributed by atoms with Crippen LogP contribution in [0.4, 0.5) is 13.2 Å². The van der Waals surface area contributed by atoms with Crippen LogP contribution < -0.4 is 0 Å². The zero-order valence-corrected chi connectivity index (χ0v) is 15.5. The van der Waals surface area contributed by atoms with Gasteiger partial charge in [-0.15, -0.1) is 0 Å². The number of allylic oxidation sites excluding steroid dienone is 4. The van der Waals surface area contributed by atoms with Gasteiger partial charge in [0.2, 0.25) is 0 Å². The summed E-state index contributed by atoms with van der Waals surface area (Å²) in [5.41, 5.74) is 0.0319. The van der Waals surface area contributed by atoms with Gasteiger partial charge in [0.25, 0.3) is 0 Å². The largest absolute Gasteiger partial charge is 0.417 e. The number of carbonyl (C=O) groups excluding carboxylic acids is 1. The van der Waals surface area contributed by atoms with Crippen LogP contribution in [0.2, 0.25) is 0 Å². The smallest absolute Gasteiger partial charge is 0.380 e. The maximum absolute atomic E-state index is 13.9. The topological polar surface area (TPSA) is 37.3 Å². The van der Waals surface area contributed by atoms with Gasteiger partial charge in [0.05, 0.1) is 0 Å². The lowest BCUT2D eigenvalue weighted by atomic mass is 9.51. The molecule has 4 rings (SSSR count). The molecule has 2 saturated carbocycles. The molecular formula is C21H27F3O2. The molecule has 0 unspecified atom stereocenters. The van der Waals surface area contributed by atoms with Gasteiger partial charge in [0.1, 0.15) is 0 Å². The fraction of sp³-hybridized carbons (Fsp3) is 0.762. The first kappa shape index (κ1) is 18.3. The van der Waals surface area contributed by atoms with E-state index in [1.54, 1.807) is 6.08 Å². The lowest BCUT2D eigenvalue weighted by Crippen LogP contribution is -2.59. The third kappa shape index (κ3) is 2.18. The molecule has 0 aliphatic heterocycles. The fourth-order valence-electron chi connectivity index (χ4n) is 6.91. The summed E-state index contributed by atoms with van der Waals surface area (Å²) in [5.74, 6) is 0.378. The Morgan fingerprint density at radius 1 is 1.23 bits per heavy atom. The number of ketones is 1. The molecule has 144 valence electrons. The van der Waals surface area contributed by atoms with E-state index in [-0.39, 0.29) is 30.0 Å². The zero-order chi connectivity index (χ0) is 18.9. The maximum atomic E-state index is 13.9. The maximum Gasteiger partial charge on any atom is 0.417 e. The van der Waals surface area contributed by atoms with Gasteiger partial charge in [-0.25, -0.2) is 0 Å². The van der Waals surface area contributed by atoms with E-state index in [0.717, 1.165) is 18.4 Å². The van der Waals surface area contributed by atoms with E-state index < -0.39 is 17.2 Å². The molecule has 0 bridgehead atoms. The van der Waals surface area contributed by atoms with Gasteiger partial charge in [0, 0.05) is 11.8 Å². The summed E-state index contributed by atoms with van der Waals surface area (Å²) >= 11 is 0. The molecule has 0 radical (unpaired) electrons. The molecule has 5 atom stereocenters. The Balaban J connectivity index is 1.81. The molecule has 26 heavy (non-hydrogen) atoms. The standard InChI is InChI=1S/C21H27F3O2/c1-3-19-8-6-16-15-5-4-14(25)11-13(15)10-12(2)18(16)17(19)7-9-20(19,26)21(22,23)24/h11-12,17-18,26H,3-10H2,1-2H3/t12-,17+,18-,19+,20+/m1/s1. The van der Waals surface area contributed by atoms with Crippen LogP contribution in [0.3, 0.4) is 0 Å². The van der Waals surface area contributed by atoms with E-state index in [0.29, 0.717) is 32.1 Å². The Bertz CT molecular complexity index is 705. The summed E-state index contributed by atoms with van der Waals surface area (Å²) in [4.78, 5) is 11.8. The molecule has 0 aromatic heterocycles. The molecule has 4 aliphatic rings. The highest BCUT2D eigenvalue weighted by Crippen LogP contribution is 2.68. The predicted molar refractivity (Wildman–Crippen MR) is 92.3 cm³/mol. The van der Waals surface area contributed by atoms with Crippen molar-refractivity contribution in [2.45, 2.75) is 77.0 Å². The van der Waals surface area contributed by atoms with Crippen LogP contribution in [0.1, 0.15) is 65.2 Å². The molecule has 0 saturated heterocycles. The van der Waals surface area contributed by atoms with Crippen molar-refractivity contribution in [1.29, 1.82) is 0 Å². The molecule has 0 amide bonds. The van der Waals surface area contributed by atoms with Gasteiger partial charge >= 0.3 is 6.18 Å². The molecule has 0 aromatic carbocycles. The van der Waals surface area contributed by atoms with Crippen molar-refractivity contribution in [3.63, 3.8) is 0 Å². The zero-order valence-electron chi connectivity index (χ0n) is 15.5. The van der Waals surface area contributed by atoms with Crippen molar-refractivity contribution in [2.75, 3.05) is 0 Å². The van der Waals surface area contributed by atoms with Crippen molar-refractivity contribution in [1.82, 2.24) is 0 Å².